The highest BCUT2D eigenvalue weighted by atomic mass is 19.1. The van der Waals surface area contributed by atoms with Gasteiger partial charge in [0.2, 0.25) is 0 Å². The third-order valence-electron chi connectivity index (χ3n) is 12.3. The molecule has 2 aliphatic carbocycles. The largest absolute Gasteiger partial charge is 0.494 e. The van der Waals surface area contributed by atoms with E-state index in [9.17, 15) is 9.59 Å². The number of nitrogens with zero attached hydrogens (tertiary/aromatic N) is 16. The summed E-state index contributed by atoms with van der Waals surface area (Å²) < 4.78 is 50.2. The van der Waals surface area contributed by atoms with Crippen molar-refractivity contribution in [3.8, 4) is 22.9 Å². The predicted molar refractivity (Wildman–Crippen MR) is 251 cm³/mol. The molecule has 0 radical (unpaired) electrons. The monoisotopic (exact) mass is 974 g/mol. The first-order valence-electron chi connectivity index (χ1n) is 22.9. The summed E-state index contributed by atoms with van der Waals surface area (Å²) >= 11 is 0. The molecule has 2 fully saturated rings. The molecule has 8 heterocycles. The fraction of sp³-hybridized carbons (Fsp3) is 0.250. The average Bonchev–Trinajstić information content (AvgIpc) is 3.85. The highest BCUT2D eigenvalue weighted by Gasteiger charge is 2.26. The average molecular weight is 975 g/mol. The zero-order valence-corrected chi connectivity index (χ0v) is 38.7. The number of benzene rings is 2. The molecule has 2 aromatic carbocycles. The number of hydrogen-bond donors (Lipinski definition) is 2. The number of aromatic nitrogens is 16. The molecule has 0 spiro atoms. The minimum atomic E-state index is -0.592. The minimum Gasteiger partial charge on any atom is -0.494 e. The summed E-state index contributed by atoms with van der Waals surface area (Å²) in [6.07, 6.45) is 22.3. The van der Waals surface area contributed by atoms with Gasteiger partial charge in [-0.1, -0.05) is 33.0 Å². The normalized spacial score (nSPS) is 13.3. The zero-order valence-electron chi connectivity index (χ0n) is 38.7. The van der Waals surface area contributed by atoms with Crippen molar-refractivity contribution in [2.75, 3.05) is 14.2 Å². The molecular weight excluding hydrogens is 931 g/mol. The van der Waals surface area contributed by atoms with Crippen molar-refractivity contribution < 1.29 is 27.8 Å². The summed E-state index contributed by atoms with van der Waals surface area (Å²) in [6.45, 7) is 0.503. The second-order valence-electron chi connectivity index (χ2n) is 17.3. The lowest BCUT2D eigenvalue weighted by Gasteiger charge is -2.13. The fourth-order valence-corrected chi connectivity index (χ4v) is 8.34. The molecule has 24 heteroatoms. The van der Waals surface area contributed by atoms with Crippen LogP contribution in [0.5, 0.6) is 11.5 Å². The smallest absolute Gasteiger partial charge is 0.273 e. The van der Waals surface area contributed by atoms with E-state index in [1.54, 1.807) is 33.9 Å². The number of carbonyl (C=O) groups excluding carboxylic acids is 2. The second-order valence-corrected chi connectivity index (χ2v) is 17.3. The van der Waals surface area contributed by atoms with E-state index >= 15 is 8.78 Å². The Kier molecular flexibility index (Phi) is 12.1. The van der Waals surface area contributed by atoms with Gasteiger partial charge in [0.1, 0.15) is 11.3 Å². The maximum Gasteiger partial charge on any atom is 0.273 e. The molecule has 0 unspecified atom stereocenters. The van der Waals surface area contributed by atoms with Crippen LogP contribution in [0.1, 0.15) is 92.1 Å². The van der Waals surface area contributed by atoms with Gasteiger partial charge in [0.25, 0.3) is 11.8 Å². The van der Waals surface area contributed by atoms with Crippen molar-refractivity contribution in [2.24, 2.45) is 0 Å². The fourth-order valence-electron chi connectivity index (χ4n) is 8.34. The first-order valence-corrected chi connectivity index (χ1v) is 22.9. The van der Waals surface area contributed by atoms with Crippen LogP contribution in [-0.2, 0) is 26.2 Å². The van der Waals surface area contributed by atoms with Gasteiger partial charge in [-0.2, -0.15) is 0 Å². The van der Waals surface area contributed by atoms with E-state index in [0.29, 0.717) is 36.3 Å². The number of pyridine rings is 2. The molecule has 2 aliphatic rings. The van der Waals surface area contributed by atoms with Crippen LogP contribution in [0.3, 0.4) is 0 Å². The third-order valence-corrected chi connectivity index (χ3v) is 12.3. The van der Waals surface area contributed by atoms with Crippen molar-refractivity contribution in [1.82, 2.24) is 89.4 Å². The molecule has 22 nitrogen and oxygen atoms in total. The van der Waals surface area contributed by atoms with Crippen molar-refractivity contribution in [2.45, 2.75) is 63.7 Å². The Morgan fingerprint density at radius 3 is 1.42 bits per heavy atom. The predicted octanol–water partition coefficient (Wildman–Crippen LogP) is 5.02. The molecule has 0 atom stereocenters. The number of fused-ring (bicyclic) bond motifs is 2. The molecule has 0 aliphatic heterocycles. The van der Waals surface area contributed by atoms with Gasteiger partial charge < -0.3 is 28.9 Å². The van der Waals surface area contributed by atoms with E-state index in [1.165, 1.54) is 97.3 Å². The van der Waals surface area contributed by atoms with Crippen LogP contribution in [0.25, 0.3) is 22.7 Å². The van der Waals surface area contributed by atoms with Gasteiger partial charge in [-0.05, 0) is 85.0 Å². The third kappa shape index (κ3) is 9.55. The number of amides is 2. The molecule has 8 aromatic heterocycles. The van der Waals surface area contributed by atoms with Crippen LogP contribution in [-0.4, -0.2) is 105 Å². The second kappa shape index (κ2) is 19.3. The Labute approximate surface area is 407 Å². The van der Waals surface area contributed by atoms with Crippen molar-refractivity contribution in [3.05, 3.63) is 167 Å². The molecule has 0 bridgehead atoms. The van der Waals surface area contributed by atoms with Crippen LogP contribution in [0.15, 0.2) is 110 Å². The van der Waals surface area contributed by atoms with Gasteiger partial charge in [-0.3, -0.25) is 9.59 Å². The van der Waals surface area contributed by atoms with E-state index in [-0.39, 0.29) is 47.1 Å². The minimum absolute atomic E-state index is 0.0609. The molecule has 72 heavy (non-hydrogen) atoms. The van der Waals surface area contributed by atoms with Crippen LogP contribution < -0.4 is 20.1 Å². The van der Waals surface area contributed by atoms with E-state index in [0.717, 1.165) is 22.7 Å². The molecule has 0 saturated heterocycles. The first kappa shape index (κ1) is 45.2. The summed E-state index contributed by atoms with van der Waals surface area (Å²) in [7, 11) is 2.76. The van der Waals surface area contributed by atoms with Gasteiger partial charge in [0.15, 0.2) is 34.5 Å². The lowest BCUT2D eigenvalue weighted by Crippen LogP contribution is -2.25. The Bertz CT molecular complexity index is 3340. The molecule has 2 saturated carbocycles. The Morgan fingerprint density at radius 1 is 0.583 bits per heavy atom. The first-order chi connectivity index (χ1) is 35.2. The summed E-state index contributed by atoms with van der Waals surface area (Å²) in [5, 5.41) is 36.8. The van der Waals surface area contributed by atoms with Crippen molar-refractivity contribution in [1.29, 1.82) is 0 Å². The topological polar surface area (TPSA) is 234 Å². The zero-order chi connectivity index (χ0) is 49.3. The van der Waals surface area contributed by atoms with Crippen LogP contribution in [0, 0.1) is 11.6 Å². The Morgan fingerprint density at radius 2 is 1.03 bits per heavy atom. The highest BCUT2D eigenvalue weighted by Crippen LogP contribution is 2.40. The van der Waals surface area contributed by atoms with Gasteiger partial charge >= 0.3 is 0 Å². The van der Waals surface area contributed by atoms with Crippen molar-refractivity contribution >= 4 is 23.1 Å². The van der Waals surface area contributed by atoms with E-state index in [4.69, 9.17) is 9.47 Å². The number of halogens is 2. The quantitative estimate of drug-likeness (QED) is 0.130. The number of ether oxygens (including phenoxy) is 2. The molecule has 2 N–H and O–H groups in total. The molecule has 10 aromatic rings. The van der Waals surface area contributed by atoms with Crippen LogP contribution in [0.4, 0.5) is 8.78 Å². The van der Waals surface area contributed by atoms with Crippen LogP contribution in [0.2, 0.25) is 0 Å². The summed E-state index contributed by atoms with van der Waals surface area (Å²) in [4.78, 5) is 34.8. The van der Waals surface area contributed by atoms with Crippen LogP contribution >= 0.6 is 0 Å². The molecular formula is C48H44F2N18O4. The van der Waals surface area contributed by atoms with E-state index < -0.39 is 23.4 Å². The molecule has 2 amide bonds. The standard InChI is InChI=1S/2C24H22FN9O2/c2*1-36-21-6-5-20(34-9-8-27-30-34)18(23(21)25)10-26-24(35)19-14-33(31-29-19)13-17-12-32-11-16(15-2-3-15)4-7-22(32)28-17/h2*4-9,11-12,14-15H,2-3,10,13H2,1H3,(H,26,35). The maximum absolute atomic E-state index is 15.0. The summed E-state index contributed by atoms with van der Waals surface area (Å²) in [5.74, 6) is -0.716. The van der Waals surface area contributed by atoms with Gasteiger partial charge in [-0.25, -0.2) is 37.5 Å². The lowest BCUT2D eigenvalue weighted by atomic mass is 10.1. The number of imidazole rings is 2. The van der Waals surface area contributed by atoms with Crippen molar-refractivity contribution in [3.63, 3.8) is 0 Å². The van der Waals surface area contributed by atoms with Gasteiger partial charge in [0.05, 0.1) is 87.3 Å². The Hall–Kier alpha value is -9.22. The number of carbonyl (C=O) groups is 2. The summed E-state index contributed by atoms with van der Waals surface area (Å²) in [6, 6.07) is 14.6. The van der Waals surface area contributed by atoms with Gasteiger partial charge in [0, 0.05) is 49.0 Å². The number of hydrogen-bond acceptors (Lipinski definition) is 14. The highest BCUT2D eigenvalue weighted by molar-refractivity contribution is 5.92. The lowest BCUT2D eigenvalue weighted by molar-refractivity contribution is 0.0937. The molecule has 364 valence electrons. The maximum atomic E-state index is 15.0. The van der Waals surface area contributed by atoms with Gasteiger partial charge in [-0.15, -0.1) is 20.4 Å². The number of methoxy groups -OCH3 is 2. The van der Waals surface area contributed by atoms with E-state index in [1.807, 2.05) is 33.3 Å². The Balaban J connectivity index is 0.000000156. The number of nitrogens with one attached hydrogen (secondary N) is 2. The number of rotatable bonds is 16. The summed E-state index contributed by atoms with van der Waals surface area (Å²) in [5.41, 5.74) is 7.47. The SMILES string of the molecule is COc1ccc(-n2ccnn2)c(CNC(=O)c2cn(Cc3cn4cc(C5CC5)ccc4n3)nn2)c1F.COc1ccc(-n2ccnn2)c(CNC(=O)c2cn(Cc3cn4cc(C5CC5)ccc4n3)nn2)c1F. The van der Waals surface area contributed by atoms with E-state index in [2.05, 4.69) is 86.4 Å². The molecule has 12 rings (SSSR count).